The molecule has 1 N–H and O–H groups in total. The highest BCUT2D eigenvalue weighted by atomic mass is 16.5. The number of hydrogen-bond donors (Lipinski definition) is 1. The van der Waals surface area contributed by atoms with E-state index in [4.69, 9.17) is 4.74 Å². The molecule has 4 rings (SSSR count). The van der Waals surface area contributed by atoms with Crippen LogP contribution in [0.15, 0.2) is 11.6 Å². The number of aliphatic hydroxyl groups excluding tert-OH is 1. The molecule has 33 heavy (non-hydrogen) atoms. The number of aliphatic hydroxyl groups is 1. The third-order valence-electron chi connectivity index (χ3n) is 11.7. The minimum atomic E-state index is -0.147. The smallest absolute Gasteiger partial charge is 0.0792 e. The molecule has 190 valence electrons. The molecule has 0 spiro atoms. The molecule has 0 heterocycles. The van der Waals surface area contributed by atoms with Gasteiger partial charge in [-0.05, 0) is 111 Å². The van der Waals surface area contributed by atoms with E-state index in [2.05, 4.69) is 54.5 Å². The zero-order valence-corrected chi connectivity index (χ0v) is 22.9. The molecule has 0 aromatic rings. The van der Waals surface area contributed by atoms with Crippen molar-refractivity contribution in [3.8, 4) is 0 Å². The van der Waals surface area contributed by atoms with E-state index in [1.807, 2.05) is 0 Å². The first-order valence-electron chi connectivity index (χ1n) is 14.7. The molecule has 3 fully saturated rings. The van der Waals surface area contributed by atoms with E-state index in [9.17, 15) is 5.11 Å². The van der Waals surface area contributed by atoms with E-state index in [1.54, 1.807) is 0 Å². The lowest BCUT2D eigenvalue weighted by atomic mass is 9.46. The normalized spacial score (nSPS) is 44.6. The molecule has 0 radical (unpaired) electrons. The lowest BCUT2D eigenvalue weighted by molar-refractivity contribution is -0.113. The molecule has 0 bridgehead atoms. The first-order chi connectivity index (χ1) is 15.7. The van der Waals surface area contributed by atoms with Gasteiger partial charge in [0.05, 0.1) is 12.2 Å². The summed E-state index contributed by atoms with van der Waals surface area (Å²) < 4.78 is 6.49. The van der Waals surface area contributed by atoms with Crippen LogP contribution in [0.3, 0.4) is 0 Å². The molecular formula is C31H54O2. The molecule has 0 unspecified atom stereocenters. The van der Waals surface area contributed by atoms with Crippen LogP contribution < -0.4 is 0 Å². The molecule has 2 heteroatoms. The van der Waals surface area contributed by atoms with Crippen molar-refractivity contribution < 1.29 is 9.84 Å². The summed E-state index contributed by atoms with van der Waals surface area (Å²) in [5.41, 5.74) is 2.28. The van der Waals surface area contributed by atoms with Crippen LogP contribution in [-0.4, -0.2) is 23.9 Å². The Balaban J connectivity index is 1.56. The maximum absolute atomic E-state index is 10.4. The van der Waals surface area contributed by atoms with Crippen LogP contribution in [0.1, 0.15) is 113 Å². The first-order valence-corrected chi connectivity index (χ1v) is 14.7. The third-order valence-corrected chi connectivity index (χ3v) is 11.7. The van der Waals surface area contributed by atoms with E-state index in [0.717, 1.165) is 61.4 Å². The molecule has 0 aromatic heterocycles. The summed E-state index contributed by atoms with van der Waals surface area (Å²) in [7, 11) is 0. The highest BCUT2D eigenvalue weighted by Gasteiger charge is 2.61. The Hall–Kier alpha value is -0.340. The van der Waals surface area contributed by atoms with Gasteiger partial charge < -0.3 is 9.84 Å². The highest BCUT2D eigenvalue weighted by molar-refractivity contribution is 5.28. The number of ether oxygens (including phenoxy) is 1. The van der Waals surface area contributed by atoms with Crippen molar-refractivity contribution in [2.75, 3.05) is 6.61 Å². The summed E-state index contributed by atoms with van der Waals surface area (Å²) in [4.78, 5) is 0. The topological polar surface area (TPSA) is 29.5 Å². The molecule has 0 aromatic carbocycles. The second kappa shape index (κ2) is 9.96. The van der Waals surface area contributed by atoms with Crippen LogP contribution in [0.4, 0.5) is 0 Å². The highest BCUT2D eigenvalue weighted by Crippen LogP contribution is 2.67. The van der Waals surface area contributed by atoms with Gasteiger partial charge in [-0.25, -0.2) is 0 Å². The van der Waals surface area contributed by atoms with Crippen molar-refractivity contribution in [1.29, 1.82) is 0 Å². The SMILES string of the molecule is CCO[C@@H]1C=C2C[C@@H](O)CC[C@]2(C)[C@H]2CC[C@]3(C)[C@@H]([C@H](C)CC[C@@H](CC)C(C)C)CC[C@H]3[C@H]12. The summed E-state index contributed by atoms with van der Waals surface area (Å²) in [5.74, 6) is 5.62. The lowest BCUT2D eigenvalue weighted by Crippen LogP contribution is -2.55. The fraction of sp³-hybridized carbons (Fsp3) is 0.935. The van der Waals surface area contributed by atoms with Gasteiger partial charge in [0.2, 0.25) is 0 Å². The van der Waals surface area contributed by atoms with Gasteiger partial charge in [-0.3, -0.25) is 0 Å². The monoisotopic (exact) mass is 458 g/mol. The molecule has 3 saturated carbocycles. The van der Waals surface area contributed by atoms with Gasteiger partial charge in [0.1, 0.15) is 0 Å². The largest absolute Gasteiger partial charge is 0.393 e. The molecule has 0 saturated heterocycles. The zero-order chi connectivity index (χ0) is 24.0. The molecule has 0 amide bonds. The van der Waals surface area contributed by atoms with Gasteiger partial charge >= 0.3 is 0 Å². The van der Waals surface area contributed by atoms with E-state index < -0.39 is 0 Å². The predicted molar refractivity (Wildman–Crippen MR) is 139 cm³/mol. The van der Waals surface area contributed by atoms with Gasteiger partial charge in [0.15, 0.2) is 0 Å². The molecular weight excluding hydrogens is 404 g/mol. The molecule has 10 atom stereocenters. The van der Waals surface area contributed by atoms with E-state index in [1.165, 1.54) is 50.5 Å². The minimum absolute atomic E-state index is 0.147. The number of rotatable bonds is 8. The molecule has 2 nitrogen and oxygen atoms in total. The Morgan fingerprint density at radius 2 is 1.76 bits per heavy atom. The van der Waals surface area contributed by atoms with Crippen LogP contribution in [0.2, 0.25) is 0 Å². The quantitative estimate of drug-likeness (QED) is 0.373. The Kier molecular flexibility index (Phi) is 7.77. The lowest BCUT2D eigenvalue weighted by Gasteiger charge is -2.60. The Bertz CT molecular complexity index is 697. The third kappa shape index (κ3) is 4.50. The average Bonchev–Trinajstić information content (AvgIpc) is 3.12. The van der Waals surface area contributed by atoms with E-state index in [-0.39, 0.29) is 17.6 Å². The van der Waals surface area contributed by atoms with Gasteiger partial charge in [-0.15, -0.1) is 0 Å². The summed E-state index contributed by atoms with van der Waals surface area (Å²) in [6.07, 6.45) is 15.4. The average molecular weight is 459 g/mol. The fourth-order valence-corrected chi connectivity index (χ4v) is 9.62. The van der Waals surface area contributed by atoms with E-state index in [0.29, 0.717) is 11.3 Å². The van der Waals surface area contributed by atoms with Crippen LogP contribution in [0.5, 0.6) is 0 Å². The van der Waals surface area contributed by atoms with Crippen LogP contribution in [0.25, 0.3) is 0 Å². The predicted octanol–water partition coefficient (Wildman–Crippen LogP) is 8.04. The Morgan fingerprint density at radius 3 is 2.42 bits per heavy atom. The van der Waals surface area contributed by atoms with Crippen LogP contribution in [0, 0.1) is 52.3 Å². The first kappa shape index (κ1) is 25.7. The summed E-state index contributed by atoms with van der Waals surface area (Å²) >= 11 is 0. The Labute approximate surface area is 205 Å². The number of hydrogen-bond acceptors (Lipinski definition) is 2. The van der Waals surface area contributed by atoms with Crippen molar-refractivity contribution >= 4 is 0 Å². The second-order valence-corrected chi connectivity index (χ2v) is 13.4. The molecule has 0 aliphatic heterocycles. The van der Waals surface area contributed by atoms with E-state index >= 15 is 0 Å². The maximum Gasteiger partial charge on any atom is 0.0792 e. The summed E-state index contributed by atoms with van der Waals surface area (Å²) in [6.45, 7) is 18.0. The standard InChI is InChI=1S/C31H54O2/c1-8-22(20(3)4)11-10-21(5)25-12-13-26-29-27(15-17-31(25,26)7)30(6)16-14-24(32)18-23(30)19-28(29)33-9-2/h19-22,24-29,32H,8-18H2,1-7H3/t21-,22-,24+,25-,26+,27+,28-,29+,30+,31-/m1/s1. The molecule has 4 aliphatic carbocycles. The second-order valence-electron chi connectivity index (χ2n) is 13.4. The summed E-state index contributed by atoms with van der Waals surface area (Å²) in [5, 5.41) is 10.4. The Morgan fingerprint density at radius 1 is 1.00 bits per heavy atom. The van der Waals surface area contributed by atoms with Crippen LogP contribution >= 0.6 is 0 Å². The molecule has 4 aliphatic rings. The number of fused-ring (bicyclic) bond motifs is 5. The van der Waals surface area contributed by atoms with Gasteiger partial charge in [-0.2, -0.15) is 0 Å². The zero-order valence-electron chi connectivity index (χ0n) is 22.9. The minimum Gasteiger partial charge on any atom is -0.393 e. The van der Waals surface area contributed by atoms with Crippen molar-refractivity contribution in [1.82, 2.24) is 0 Å². The van der Waals surface area contributed by atoms with Crippen molar-refractivity contribution in [2.45, 2.75) is 125 Å². The van der Waals surface area contributed by atoms with Crippen molar-refractivity contribution in [3.05, 3.63) is 11.6 Å². The van der Waals surface area contributed by atoms with Gasteiger partial charge in [0.25, 0.3) is 0 Å². The summed E-state index contributed by atoms with van der Waals surface area (Å²) in [6, 6.07) is 0. The van der Waals surface area contributed by atoms with Gasteiger partial charge in [0, 0.05) is 6.61 Å². The van der Waals surface area contributed by atoms with Crippen molar-refractivity contribution in [2.24, 2.45) is 52.3 Å². The fourth-order valence-electron chi connectivity index (χ4n) is 9.62. The van der Waals surface area contributed by atoms with Crippen molar-refractivity contribution in [3.63, 3.8) is 0 Å². The maximum atomic E-state index is 10.4. The van der Waals surface area contributed by atoms with Gasteiger partial charge in [-0.1, -0.05) is 66.0 Å². The van der Waals surface area contributed by atoms with Crippen LogP contribution in [-0.2, 0) is 4.74 Å².